The summed E-state index contributed by atoms with van der Waals surface area (Å²) in [7, 11) is 0. The van der Waals surface area contributed by atoms with Crippen molar-refractivity contribution in [2.45, 2.75) is 71.4 Å². The molecule has 178 valence electrons. The van der Waals surface area contributed by atoms with Gasteiger partial charge >= 0.3 is 0 Å². The number of nitrogens with one attached hydrogen (secondary N) is 2. The van der Waals surface area contributed by atoms with Crippen LogP contribution in [0.1, 0.15) is 69.3 Å². The Kier molecular flexibility index (Phi) is 8.67. The lowest BCUT2D eigenvalue weighted by Crippen LogP contribution is -2.54. The lowest BCUT2D eigenvalue weighted by atomic mass is 9.73. The molecule has 0 bridgehead atoms. The zero-order valence-corrected chi connectivity index (χ0v) is 19.4. The number of hydrogen-bond acceptors (Lipinski definition) is 5. The fourth-order valence-corrected chi connectivity index (χ4v) is 4.44. The van der Waals surface area contributed by atoms with Gasteiger partial charge in [-0.2, -0.15) is 5.10 Å². The first-order chi connectivity index (χ1) is 15.4. The van der Waals surface area contributed by atoms with E-state index in [1.54, 1.807) is 22.6 Å². The molecule has 1 atom stereocenters. The van der Waals surface area contributed by atoms with Crippen molar-refractivity contribution in [1.82, 2.24) is 25.3 Å². The summed E-state index contributed by atoms with van der Waals surface area (Å²) in [5.74, 6) is -0.351. The van der Waals surface area contributed by atoms with Crippen LogP contribution < -0.4 is 10.6 Å². The van der Waals surface area contributed by atoms with Crippen LogP contribution in [0.25, 0.3) is 0 Å². The molecule has 1 aromatic heterocycles. The van der Waals surface area contributed by atoms with Crippen molar-refractivity contribution in [2.75, 3.05) is 32.8 Å². The minimum atomic E-state index is -0.592. The average Bonchev–Trinajstić information content (AvgIpc) is 3.26. The van der Waals surface area contributed by atoms with Gasteiger partial charge in [0.2, 0.25) is 11.8 Å². The number of hydrogen-bond donors (Lipinski definition) is 2. The number of carbonyl (C=O) groups excluding carboxylic acids is 3. The minimum Gasteiger partial charge on any atom is -0.381 e. The second-order valence-electron chi connectivity index (χ2n) is 8.95. The molecule has 9 nitrogen and oxygen atoms in total. The van der Waals surface area contributed by atoms with E-state index < -0.39 is 11.5 Å². The predicted molar refractivity (Wildman–Crippen MR) is 120 cm³/mol. The number of piperidine rings is 1. The molecule has 0 saturated carbocycles. The second kappa shape index (κ2) is 11.4. The van der Waals surface area contributed by atoms with Crippen molar-refractivity contribution < 1.29 is 19.1 Å². The van der Waals surface area contributed by atoms with Crippen LogP contribution in [0.4, 0.5) is 0 Å². The van der Waals surface area contributed by atoms with Gasteiger partial charge in [-0.25, -0.2) is 0 Å². The van der Waals surface area contributed by atoms with Gasteiger partial charge in [-0.3, -0.25) is 19.1 Å². The third-order valence-electron chi connectivity index (χ3n) is 6.50. The van der Waals surface area contributed by atoms with E-state index in [0.29, 0.717) is 51.4 Å². The van der Waals surface area contributed by atoms with Crippen molar-refractivity contribution in [3.8, 4) is 0 Å². The molecule has 1 spiro atoms. The number of amides is 3. The summed E-state index contributed by atoms with van der Waals surface area (Å²) in [6, 6.07) is 1.17. The molecule has 0 aliphatic carbocycles. The Labute approximate surface area is 190 Å². The van der Waals surface area contributed by atoms with E-state index in [9.17, 15) is 14.4 Å². The van der Waals surface area contributed by atoms with Gasteiger partial charge in [0.1, 0.15) is 11.7 Å². The monoisotopic (exact) mass is 447 g/mol. The summed E-state index contributed by atoms with van der Waals surface area (Å²) < 4.78 is 7.44. The van der Waals surface area contributed by atoms with Crippen molar-refractivity contribution >= 4 is 17.7 Å². The Morgan fingerprint density at radius 3 is 2.69 bits per heavy atom. The van der Waals surface area contributed by atoms with Crippen LogP contribution in [0.3, 0.4) is 0 Å². The zero-order valence-electron chi connectivity index (χ0n) is 19.4. The van der Waals surface area contributed by atoms with Crippen LogP contribution in [0.15, 0.2) is 12.3 Å². The lowest BCUT2D eigenvalue weighted by molar-refractivity contribution is -0.137. The minimum absolute atomic E-state index is 0.0857. The van der Waals surface area contributed by atoms with Crippen LogP contribution in [0.2, 0.25) is 0 Å². The third kappa shape index (κ3) is 6.09. The molecule has 9 heteroatoms. The van der Waals surface area contributed by atoms with Crippen molar-refractivity contribution in [1.29, 1.82) is 0 Å². The molecule has 3 rings (SSSR count). The Hall–Kier alpha value is -2.42. The first-order valence-corrected chi connectivity index (χ1v) is 11.9. The first-order valence-electron chi connectivity index (χ1n) is 11.9. The SMILES string of the molecule is CCCn1ccc(C(=O)N2CCC3(CCCCOCCCNC(=O)[C@H](C)NC3=O)CC2)n1. The first kappa shape index (κ1) is 24.2. The summed E-state index contributed by atoms with van der Waals surface area (Å²) in [5.41, 5.74) is -0.121. The number of ether oxygens (including phenoxy) is 1. The molecular weight excluding hydrogens is 410 g/mol. The van der Waals surface area contributed by atoms with Crippen LogP contribution in [-0.4, -0.2) is 71.3 Å². The number of aryl methyl sites for hydroxylation is 1. The Morgan fingerprint density at radius 1 is 1.19 bits per heavy atom. The van der Waals surface area contributed by atoms with E-state index >= 15 is 0 Å². The standard InChI is InChI=1S/C23H37N5O4/c1-3-12-28-13-7-19(26-28)21(30)27-14-9-23(10-15-27)8-4-5-16-32-17-6-11-24-20(29)18(2)25-22(23)31/h7,13,18H,3-6,8-12,14-17H2,1-2H3,(H,24,29)(H,25,31)/t18-/m0/s1. The number of carbonyl (C=O) groups is 3. The molecule has 3 heterocycles. The molecule has 2 aliphatic heterocycles. The maximum absolute atomic E-state index is 13.3. The summed E-state index contributed by atoms with van der Waals surface area (Å²) in [5, 5.41) is 10.2. The molecule has 1 aromatic rings. The van der Waals surface area contributed by atoms with Gasteiger partial charge in [-0.1, -0.05) is 13.3 Å². The molecule has 0 radical (unpaired) electrons. The highest BCUT2D eigenvalue weighted by Crippen LogP contribution is 2.37. The Morgan fingerprint density at radius 2 is 1.94 bits per heavy atom. The Balaban J connectivity index is 1.66. The van der Waals surface area contributed by atoms with Crippen LogP contribution >= 0.6 is 0 Å². The lowest BCUT2D eigenvalue weighted by Gasteiger charge is -2.41. The third-order valence-corrected chi connectivity index (χ3v) is 6.50. The average molecular weight is 448 g/mol. The maximum Gasteiger partial charge on any atom is 0.274 e. The largest absolute Gasteiger partial charge is 0.381 e. The molecule has 32 heavy (non-hydrogen) atoms. The molecular formula is C23H37N5O4. The fourth-order valence-electron chi connectivity index (χ4n) is 4.44. The summed E-state index contributed by atoms with van der Waals surface area (Å²) in [4.78, 5) is 40.3. The molecule has 2 aliphatic rings. The molecule has 3 amide bonds. The van der Waals surface area contributed by atoms with Gasteiger partial charge in [-0.15, -0.1) is 0 Å². The van der Waals surface area contributed by atoms with E-state index in [2.05, 4.69) is 22.7 Å². The summed E-state index contributed by atoms with van der Waals surface area (Å²) in [6.45, 7) is 7.40. The van der Waals surface area contributed by atoms with Gasteiger partial charge < -0.3 is 20.3 Å². The smallest absolute Gasteiger partial charge is 0.274 e. The normalized spacial score (nSPS) is 23.3. The second-order valence-corrected chi connectivity index (χ2v) is 8.95. The van der Waals surface area contributed by atoms with E-state index in [4.69, 9.17) is 4.74 Å². The zero-order chi connectivity index (χ0) is 23.0. The highest BCUT2D eigenvalue weighted by Gasteiger charge is 2.42. The van der Waals surface area contributed by atoms with Crippen LogP contribution in [0.5, 0.6) is 0 Å². The fraction of sp³-hybridized carbons (Fsp3) is 0.739. The maximum atomic E-state index is 13.3. The molecule has 0 aromatic carbocycles. The van der Waals surface area contributed by atoms with Crippen LogP contribution in [-0.2, 0) is 20.9 Å². The van der Waals surface area contributed by atoms with Crippen molar-refractivity contribution in [3.63, 3.8) is 0 Å². The highest BCUT2D eigenvalue weighted by atomic mass is 16.5. The van der Waals surface area contributed by atoms with Gasteiger partial charge in [0.15, 0.2) is 0 Å². The number of aromatic nitrogens is 2. The highest BCUT2D eigenvalue weighted by molar-refractivity contribution is 5.93. The van der Waals surface area contributed by atoms with Gasteiger partial charge in [0, 0.05) is 45.6 Å². The van der Waals surface area contributed by atoms with E-state index in [1.807, 2.05) is 6.20 Å². The molecule has 2 fully saturated rings. The number of rotatable bonds is 3. The van der Waals surface area contributed by atoms with Gasteiger partial charge in [0.25, 0.3) is 5.91 Å². The molecule has 2 N–H and O–H groups in total. The van der Waals surface area contributed by atoms with Crippen LogP contribution in [0, 0.1) is 5.41 Å². The van der Waals surface area contributed by atoms with Crippen molar-refractivity contribution in [3.05, 3.63) is 18.0 Å². The summed E-state index contributed by atoms with van der Waals surface area (Å²) in [6.07, 6.45) is 7.21. The number of likely N-dealkylation sites (tertiary alicyclic amines) is 1. The quantitative estimate of drug-likeness (QED) is 0.734. The van der Waals surface area contributed by atoms with Gasteiger partial charge in [0.05, 0.1) is 5.41 Å². The predicted octanol–water partition coefficient (Wildman–Crippen LogP) is 1.73. The Bertz CT molecular complexity index is 785. The van der Waals surface area contributed by atoms with E-state index in [1.165, 1.54) is 0 Å². The van der Waals surface area contributed by atoms with E-state index in [0.717, 1.165) is 38.6 Å². The number of nitrogens with zero attached hydrogens (tertiary/aromatic N) is 3. The van der Waals surface area contributed by atoms with Gasteiger partial charge in [-0.05, 0) is 51.5 Å². The van der Waals surface area contributed by atoms with E-state index in [-0.39, 0.29) is 17.7 Å². The molecule has 2 saturated heterocycles. The summed E-state index contributed by atoms with van der Waals surface area (Å²) >= 11 is 0. The van der Waals surface area contributed by atoms with Crippen molar-refractivity contribution in [2.24, 2.45) is 5.41 Å². The topological polar surface area (TPSA) is 106 Å². The molecule has 0 unspecified atom stereocenters.